The molecular weight excluding hydrogens is 360 g/mol. The average molecular weight is 377 g/mol. The van der Waals surface area contributed by atoms with Crippen LogP contribution in [0.3, 0.4) is 0 Å². The van der Waals surface area contributed by atoms with E-state index in [9.17, 15) is 9.59 Å². The van der Waals surface area contributed by atoms with E-state index in [0.29, 0.717) is 11.4 Å². The number of hydrogen-bond acceptors (Lipinski definition) is 3. The minimum absolute atomic E-state index is 0.0924. The van der Waals surface area contributed by atoms with Crippen molar-refractivity contribution in [2.75, 3.05) is 19.0 Å². The molecule has 0 aromatic heterocycles. The molecule has 2 aromatic carbocycles. The molecule has 6 heteroatoms. The van der Waals surface area contributed by atoms with Crippen molar-refractivity contribution in [2.24, 2.45) is 0 Å². The fraction of sp³-hybridized carbons (Fsp3) is 0.176. The summed E-state index contributed by atoms with van der Waals surface area (Å²) in [5.74, 6) is 0.0525. The molecule has 0 fully saturated rings. The molecule has 0 aliphatic carbocycles. The van der Waals surface area contributed by atoms with E-state index in [-0.39, 0.29) is 24.8 Å². The molecule has 0 aliphatic rings. The van der Waals surface area contributed by atoms with Crippen LogP contribution in [0.1, 0.15) is 5.56 Å². The lowest BCUT2D eigenvalue weighted by molar-refractivity contribution is -0.123. The number of methoxy groups -OCH3 is 1. The van der Waals surface area contributed by atoms with Crippen LogP contribution < -0.4 is 15.4 Å². The molecule has 23 heavy (non-hydrogen) atoms. The quantitative estimate of drug-likeness (QED) is 0.814. The van der Waals surface area contributed by atoms with E-state index < -0.39 is 0 Å². The van der Waals surface area contributed by atoms with Crippen LogP contribution >= 0.6 is 15.9 Å². The number of carbonyl (C=O) groups excluding carboxylic acids is 2. The van der Waals surface area contributed by atoms with Gasteiger partial charge in [0.25, 0.3) is 0 Å². The monoisotopic (exact) mass is 376 g/mol. The van der Waals surface area contributed by atoms with Crippen molar-refractivity contribution in [1.29, 1.82) is 0 Å². The molecule has 0 atom stereocenters. The van der Waals surface area contributed by atoms with Crippen LogP contribution in [0.25, 0.3) is 0 Å². The van der Waals surface area contributed by atoms with Crippen LogP contribution in [0.5, 0.6) is 5.75 Å². The first-order valence-corrected chi connectivity index (χ1v) is 7.82. The topological polar surface area (TPSA) is 67.4 Å². The van der Waals surface area contributed by atoms with Crippen molar-refractivity contribution in [2.45, 2.75) is 6.42 Å². The zero-order chi connectivity index (χ0) is 16.7. The molecular formula is C17H17BrN2O3. The lowest BCUT2D eigenvalue weighted by atomic mass is 10.1. The van der Waals surface area contributed by atoms with Crippen molar-refractivity contribution in [3.05, 3.63) is 58.6 Å². The Morgan fingerprint density at radius 2 is 1.87 bits per heavy atom. The van der Waals surface area contributed by atoms with Gasteiger partial charge < -0.3 is 15.4 Å². The number of amides is 2. The molecule has 0 radical (unpaired) electrons. The molecule has 0 saturated carbocycles. The normalized spacial score (nSPS) is 10.0. The van der Waals surface area contributed by atoms with Gasteiger partial charge in [-0.15, -0.1) is 0 Å². The van der Waals surface area contributed by atoms with Crippen LogP contribution in [0.4, 0.5) is 5.69 Å². The Balaban J connectivity index is 1.83. The van der Waals surface area contributed by atoms with Crippen molar-refractivity contribution in [1.82, 2.24) is 5.32 Å². The molecule has 120 valence electrons. The number of carbonyl (C=O) groups is 2. The second kappa shape index (κ2) is 8.33. The maximum Gasteiger partial charge on any atom is 0.243 e. The van der Waals surface area contributed by atoms with Crippen molar-refractivity contribution in [3.63, 3.8) is 0 Å². The van der Waals surface area contributed by atoms with Gasteiger partial charge in [0, 0.05) is 4.47 Å². The Morgan fingerprint density at radius 3 is 2.61 bits per heavy atom. The average Bonchev–Trinajstić information content (AvgIpc) is 2.53. The molecule has 0 spiro atoms. The fourth-order valence-corrected chi connectivity index (χ4v) is 2.46. The van der Waals surface area contributed by atoms with Gasteiger partial charge in [0.1, 0.15) is 5.75 Å². The molecule has 2 aromatic rings. The van der Waals surface area contributed by atoms with Gasteiger partial charge in [0.15, 0.2) is 0 Å². The number of anilines is 1. The summed E-state index contributed by atoms with van der Waals surface area (Å²) in [5, 5.41) is 5.30. The molecule has 2 N–H and O–H groups in total. The van der Waals surface area contributed by atoms with Gasteiger partial charge in [-0.3, -0.25) is 9.59 Å². The summed E-state index contributed by atoms with van der Waals surface area (Å²) in [4.78, 5) is 23.8. The molecule has 0 saturated heterocycles. The van der Waals surface area contributed by atoms with Gasteiger partial charge in [-0.05, 0) is 29.8 Å². The summed E-state index contributed by atoms with van der Waals surface area (Å²) >= 11 is 3.36. The zero-order valence-corrected chi connectivity index (χ0v) is 14.2. The van der Waals surface area contributed by atoms with Gasteiger partial charge in [0.05, 0.1) is 25.8 Å². The highest BCUT2D eigenvalue weighted by molar-refractivity contribution is 9.10. The minimum Gasteiger partial charge on any atom is -0.495 e. The SMILES string of the molecule is COc1ccccc1NC(=O)CNC(=O)Cc1cccc(Br)c1. The summed E-state index contributed by atoms with van der Waals surface area (Å²) < 4.78 is 6.07. The highest BCUT2D eigenvalue weighted by Crippen LogP contribution is 2.22. The Bertz CT molecular complexity index is 704. The predicted octanol–water partition coefficient (Wildman–Crippen LogP) is 2.76. The molecule has 0 heterocycles. The highest BCUT2D eigenvalue weighted by atomic mass is 79.9. The lowest BCUT2D eigenvalue weighted by Gasteiger charge is -2.10. The van der Waals surface area contributed by atoms with Gasteiger partial charge in [-0.1, -0.05) is 40.2 Å². The summed E-state index contributed by atoms with van der Waals surface area (Å²) in [7, 11) is 1.53. The first-order valence-electron chi connectivity index (χ1n) is 7.02. The summed E-state index contributed by atoms with van der Waals surface area (Å²) in [6, 6.07) is 14.6. The third-order valence-corrected chi connectivity index (χ3v) is 3.57. The number of halogens is 1. The number of benzene rings is 2. The van der Waals surface area contributed by atoms with Crippen molar-refractivity contribution >= 4 is 33.4 Å². The van der Waals surface area contributed by atoms with E-state index in [0.717, 1.165) is 10.0 Å². The molecule has 0 bridgehead atoms. The number of para-hydroxylation sites is 2. The van der Waals surface area contributed by atoms with Gasteiger partial charge >= 0.3 is 0 Å². The van der Waals surface area contributed by atoms with Crippen LogP contribution in [0.15, 0.2) is 53.0 Å². The number of hydrogen-bond donors (Lipinski definition) is 2. The largest absolute Gasteiger partial charge is 0.495 e. The van der Waals surface area contributed by atoms with E-state index in [4.69, 9.17) is 4.74 Å². The van der Waals surface area contributed by atoms with Crippen LogP contribution in [-0.2, 0) is 16.0 Å². The molecule has 0 aliphatic heterocycles. The lowest BCUT2D eigenvalue weighted by Crippen LogP contribution is -2.33. The molecule has 2 rings (SSSR count). The molecule has 2 amide bonds. The molecule has 0 unspecified atom stereocenters. The summed E-state index contributed by atoms with van der Waals surface area (Å²) in [6.07, 6.45) is 0.224. The number of rotatable bonds is 6. The summed E-state index contributed by atoms with van der Waals surface area (Å²) in [6.45, 7) is -0.0924. The van der Waals surface area contributed by atoms with E-state index in [2.05, 4.69) is 26.6 Å². The van der Waals surface area contributed by atoms with Gasteiger partial charge in [-0.2, -0.15) is 0 Å². The van der Waals surface area contributed by atoms with Crippen LogP contribution in [0, 0.1) is 0 Å². The van der Waals surface area contributed by atoms with Crippen LogP contribution in [-0.4, -0.2) is 25.5 Å². The van der Waals surface area contributed by atoms with Gasteiger partial charge in [0.2, 0.25) is 11.8 Å². The van der Waals surface area contributed by atoms with Crippen LogP contribution in [0.2, 0.25) is 0 Å². The number of ether oxygens (including phenoxy) is 1. The third-order valence-electron chi connectivity index (χ3n) is 3.08. The van der Waals surface area contributed by atoms with Crippen molar-refractivity contribution in [3.8, 4) is 5.75 Å². The minimum atomic E-state index is -0.308. The van der Waals surface area contributed by atoms with Gasteiger partial charge in [-0.25, -0.2) is 0 Å². The Morgan fingerprint density at radius 1 is 1.09 bits per heavy atom. The zero-order valence-electron chi connectivity index (χ0n) is 12.6. The Kier molecular flexibility index (Phi) is 6.17. The maximum atomic E-state index is 11.9. The van der Waals surface area contributed by atoms with Crippen molar-refractivity contribution < 1.29 is 14.3 Å². The standard InChI is InChI=1S/C17H17BrN2O3/c1-23-15-8-3-2-7-14(15)20-17(22)11-19-16(21)10-12-5-4-6-13(18)9-12/h2-9H,10-11H2,1H3,(H,19,21)(H,20,22). The van der Waals surface area contributed by atoms with E-state index in [1.165, 1.54) is 7.11 Å². The second-order valence-electron chi connectivity index (χ2n) is 4.83. The Labute approximate surface area is 143 Å². The fourth-order valence-electron chi connectivity index (χ4n) is 2.02. The first kappa shape index (κ1) is 17.0. The number of nitrogens with one attached hydrogen (secondary N) is 2. The predicted molar refractivity (Wildman–Crippen MR) is 92.5 cm³/mol. The van der Waals surface area contributed by atoms with E-state index in [1.807, 2.05) is 30.3 Å². The first-order chi connectivity index (χ1) is 11.1. The molecule has 5 nitrogen and oxygen atoms in total. The Hall–Kier alpha value is -2.34. The summed E-state index contributed by atoms with van der Waals surface area (Å²) in [5.41, 5.74) is 1.45. The maximum absolute atomic E-state index is 11.9. The second-order valence-corrected chi connectivity index (χ2v) is 5.75. The third kappa shape index (κ3) is 5.41. The smallest absolute Gasteiger partial charge is 0.243 e. The van der Waals surface area contributed by atoms with E-state index in [1.54, 1.807) is 18.2 Å². The van der Waals surface area contributed by atoms with E-state index >= 15 is 0 Å². The highest BCUT2D eigenvalue weighted by Gasteiger charge is 2.09.